The molecule has 0 saturated heterocycles. The molecule has 29 heavy (non-hydrogen) atoms. The van der Waals surface area contributed by atoms with E-state index in [1.807, 2.05) is 0 Å². The van der Waals surface area contributed by atoms with Crippen molar-refractivity contribution in [1.29, 1.82) is 0 Å². The molecule has 1 amide bonds. The third-order valence-corrected chi connectivity index (χ3v) is 5.87. The van der Waals surface area contributed by atoms with Gasteiger partial charge in [0.15, 0.2) is 11.5 Å². The Morgan fingerprint density at radius 3 is 2.41 bits per heavy atom. The number of carbonyl (C=O) groups is 1. The number of carbonyl (C=O) groups excluding carboxylic acids is 1. The second-order valence-electron chi connectivity index (χ2n) is 6.14. The Bertz CT molecular complexity index is 1180. The molecule has 0 radical (unpaired) electrons. The number of fused-ring (bicyclic) bond motifs is 1. The van der Waals surface area contributed by atoms with E-state index in [0.717, 1.165) is 0 Å². The van der Waals surface area contributed by atoms with Crippen molar-refractivity contribution in [1.82, 2.24) is 0 Å². The molecule has 0 fully saturated rings. The van der Waals surface area contributed by atoms with E-state index < -0.39 is 15.9 Å². The number of ether oxygens (including phenoxy) is 2. The summed E-state index contributed by atoms with van der Waals surface area (Å²) in [5.41, 5.74) is 0.831. The maximum Gasteiger partial charge on any atom is 0.261 e. The van der Waals surface area contributed by atoms with Crippen LogP contribution in [0.3, 0.4) is 0 Å². The van der Waals surface area contributed by atoms with E-state index in [-0.39, 0.29) is 28.0 Å². The van der Waals surface area contributed by atoms with Crippen LogP contribution in [-0.2, 0) is 10.0 Å². The Labute approximate surface area is 172 Å². The highest BCUT2D eigenvalue weighted by molar-refractivity contribution is 7.92. The zero-order valence-electron chi connectivity index (χ0n) is 14.9. The molecular formula is C20H15ClN2O5S. The summed E-state index contributed by atoms with van der Waals surface area (Å²) in [6.07, 6.45) is 0. The van der Waals surface area contributed by atoms with Gasteiger partial charge in [-0.25, -0.2) is 8.42 Å². The summed E-state index contributed by atoms with van der Waals surface area (Å²) in [5.74, 6) is 0.631. The highest BCUT2D eigenvalue weighted by atomic mass is 35.5. The van der Waals surface area contributed by atoms with Gasteiger partial charge in [-0.2, -0.15) is 0 Å². The predicted molar refractivity (Wildman–Crippen MR) is 109 cm³/mol. The number of nitrogens with one attached hydrogen (secondary N) is 2. The average Bonchev–Trinajstić information content (AvgIpc) is 3.18. The molecule has 0 saturated carbocycles. The fourth-order valence-electron chi connectivity index (χ4n) is 2.75. The van der Waals surface area contributed by atoms with E-state index in [0.29, 0.717) is 17.2 Å². The molecule has 148 valence electrons. The fraction of sp³-hybridized carbons (Fsp3) is 0.0500. The summed E-state index contributed by atoms with van der Waals surface area (Å²) in [7, 11) is -3.79. The molecule has 0 spiro atoms. The van der Waals surface area contributed by atoms with Gasteiger partial charge < -0.3 is 14.8 Å². The number of sulfonamides is 1. The van der Waals surface area contributed by atoms with E-state index in [4.69, 9.17) is 21.1 Å². The SMILES string of the molecule is O=C(Nc1ccc2c(c1)OCO2)c1cc(NS(=O)(=O)c2ccccc2)ccc1Cl. The summed E-state index contributed by atoms with van der Waals surface area (Å²) < 4.78 is 38.0. The minimum Gasteiger partial charge on any atom is -0.454 e. The molecule has 0 aliphatic carbocycles. The highest BCUT2D eigenvalue weighted by Gasteiger charge is 2.18. The second-order valence-corrected chi connectivity index (χ2v) is 8.22. The first kappa shape index (κ1) is 19.1. The lowest BCUT2D eigenvalue weighted by atomic mass is 10.2. The van der Waals surface area contributed by atoms with Crippen LogP contribution in [-0.4, -0.2) is 21.1 Å². The largest absolute Gasteiger partial charge is 0.454 e. The third kappa shape index (κ3) is 4.13. The lowest BCUT2D eigenvalue weighted by Crippen LogP contribution is -2.15. The van der Waals surface area contributed by atoms with Crippen molar-refractivity contribution in [2.45, 2.75) is 4.90 Å². The monoisotopic (exact) mass is 430 g/mol. The standard InChI is InChI=1S/C20H15ClN2O5S/c21-17-8-6-14(23-29(25,26)15-4-2-1-3-5-15)10-16(17)20(24)22-13-7-9-18-19(11-13)28-12-27-18/h1-11,23H,12H2,(H,22,24). The fourth-order valence-corrected chi connectivity index (χ4v) is 4.02. The van der Waals surface area contributed by atoms with Gasteiger partial charge in [-0.1, -0.05) is 29.8 Å². The number of hydrogen-bond donors (Lipinski definition) is 2. The number of halogens is 1. The zero-order chi connectivity index (χ0) is 20.4. The Hall–Kier alpha value is -3.23. The van der Waals surface area contributed by atoms with Gasteiger partial charge in [-0.3, -0.25) is 9.52 Å². The molecule has 0 aromatic heterocycles. The quantitative estimate of drug-likeness (QED) is 0.635. The first-order valence-electron chi connectivity index (χ1n) is 8.51. The Balaban J connectivity index is 1.56. The Kier molecular flexibility index (Phi) is 5.04. The van der Waals surface area contributed by atoms with E-state index >= 15 is 0 Å². The smallest absolute Gasteiger partial charge is 0.261 e. The van der Waals surface area contributed by atoms with Gasteiger partial charge in [0.25, 0.3) is 15.9 Å². The van der Waals surface area contributed by atoms with Gasteiger partial charge >= 0.3 is 0 Å². The molecular weight excluding hydrogens is 416 g/mol. The van der Waals surface area contributed by atoms with Crippen LogP contribution in [0, 0.1) is 0 Å². The van der Waals surface area contributed by atoms with Crippen LogP contribution in [0.1, 0.15) is 10.4 Å². The van der Waals surface area contributed by atoms with Crippen LogP contribution >= 0.6 is 11.6 Å². The predicted octanol–water partition coefficient (Wildman–Crippen LogP) is 4.12. The lowest BCUT2D eigenvalue weighted by Gasteiger charge is -2.11. The number of rotatable bonds is 5. The van der Waals surface area contributed by atoms with Crippen molar-refractivity contribution in [3.05, 3.63) is 77.3 Å². The van der Waals surface area contributed by atoms with Gasteiger partial charge in [0.05, 0.1) is 15.5 Å². The normalized spacial score (nSPS) is 12.4. The molecule has 7 nitrogen and oxygen atoms in total. The summed E-state index contributed by atoms with van der Waals surface area (Å²) in [5, 5.41) is 2.90. The summed E-state index contributed by atoms with van der Waals surface area (Å²) in [4.78, 5) is 12.8. The summed E-state index contributed by atoms with van der Waals surface area (Å²) in [6.45, 7) is 0.127. The molecule has 1 aliphatic rings. The van der Waals surface area contributed by atoms with Gasteiger partial charge in [0.2, 0.25) is 6.79 Å². The second kappa shape index (κ2) is 7.65. The molecule has 3 aromatic carbocycles. The number of hydrogen-bond acceptors (Lipinski definition) is 5. The van der Waals surface area contributed by atoms with Crippen molar-refractivity contribution < 1.29 is 22.7 Å². The minimum absolute atomic E-state index is 0.112. The van der Waals surface area contributed by atoms with Crippen LogP contribution in [0.15, 0.2) is 71.6 Å². The molecule has 9 heteroatoms. The molecule has 0 unspecified atom stereocenters. The van der Waals surface area contributed by atoms with Crippen molar-refractivity contribution in [2.75, 3.05) is 16.8 Å². The Morgan fingerprint density at radius 2 is 1.62 bits per heavy atom. The van der Waals surface area contributed by atoms with Crippen LogP contribution in [0.2, 0.25) is 5.02 Å². The Morgan fingerprint density at radius 1 is 0.897 bits per heavy atom. The van der Waals surface area contributed by atoms with E-state index in [1.54, 1.807) is 36.4 Å². The van der Waals surface area contributed by atoms with Gasteiger partial charge in [-0.15, -0.1) is 0 Å². The third-order valence-electron chi connectivity index (χ3n) is 4.15. The van der Waals surface area contributed by atoms with Gasteiger partial charge in [0.1, 0.15) is 0 Å². The number of anilines is 2. The first-order chi connectivity index (χ1) is 13.9. The lowest BCUT2D eigenvalue weighted by molar-refractivity contribution is 0.102. The van der Waals surface area contributed by atoms with Crippen molar-refractivity contribution in [3.63, 3.8) is 0 Å². The number of amides is 1. The molecule has 0 bridgehead atoms. The summed E-state index contributed by atoms with van der Waals surface area (Å²) >= 11 is 6.16. The van der Waals surface area contributed by atoms with E-state index in [1.165, 1.54) is 30.3 Å². The van der Waals surface area contributed by atoms with E-state index in [2.05, 4.69) is 10.0 Å². The maximum atomic E-state index is 12.7. The van der Waals surface area contributed by atoms with Crippen molar-refractivity contribution >= 4 is 38.9 Å². The first-order valence-corrected chi connectivity index (χ1v) is 10.4. The van der Waals surface area contributed by atoms with Crippen LogP contribution in [0.25, 0.3) is 0 Å². The number of benzene rings is 3. The highest BCUT2D eigenvalue weighted by Crippen LogP contribution is 2.34. The topological polar surface area (TPSA) is 93.7 Å². The minimum atomic E-state index is -3.79. The molecule has 4 rings (SSSR count). The molecule has 2 N–H and O–H groups in total. The molecule has 3 aromatic rings. The van der Waals surface area contributed by atoms with Crippen molar-refractivity contribution in [3.8, 4) is 11.5 Å². The van der Waals surface area contributed by atoms with Crippen LogP contribution in [0.4, 0.5) is 11.4 Å². The van der Waals surface area contributed by atoms with Gasteiger partial charge in [-0.05, 0) is 42.5 Å². The zero-order valence-corrected chi connectivity index (χ0v) is 16.5. The van der Waals surface area contributed by atoms with Gasteiger partial charge in [0, 0.05) is 17.4 Å². The molecule has 1 aliphatic heterocycles. The van der Waals surface area contributed by atoms with Crippen molar-refractivity contribution in [2.24, 2.45) is 0 Å². The van der Waals surface area contributed by atoms with Crippen LogP contribution in [0.5, 0.6) is 11.5 Å². The molecule has 1 heterocycles. The van der Waals surface area contributed by atoms with E-state index in [9.17, 15) is 13.2 Å². The average molecular weight is 431 g/mol. The summed E-state index contributed by atoms with van der Waals surface area (Å²) in [6, 6.07) is 17.2. The van der Waals surface area contributed by atoms with Crippen LogP contribution < -0.4 is 19.5 Å². The molecule has 0 atom stereocenters. The maximum absolute atomic E-state index is 12.7.